The molecule has 0 heterocycles. The second-order valence-electron chi connectivity index (χ2n) is 6.68. The molecule has 0 aromatic heterocycles. The first-order chi connectivity index (χ1) is 14.3. The molecule has 2 aromatic carbocycles. The van der Waals surface area contributed by atoms with Gasteiger partial charge in [0, 0.05) is 11.5 Å². The molecule has 2 rings (SSSR count). The number of hydrogen-bond donors (Lipinski definition) is 2. The van der Waals surface area contributed by atoms with E-state index in [2.05, 4.69) is 14.8 Å². The Morgan fingerprint density at radius 3 is 1.80 bits per heavy atom. The summed E-state index contributed by atoms with van der Waals surface area (Å²) in [7, 11) is 2.22. The molecule has 2 aromatic rings. The minimum absolute atomic E-state index is 0.292. The fraction of sp³-hybridized carbons (Fsp3) is 0.273. The van der Waals surface area contributed by atoms with Crippen molar-refractivity contribution in [1.82, 2.24) is 5.32 Å². The summed E-state index contributed by atoms with van der Waals surface area (Å²) in [4.78, 5) is 48.7. The van der Waals surface area contributed by atoms with Crippen LogP contribution in [-0.2, 0) is 23.9 Å². The highest BCUT2D eigenvalue weighted by Crippen LogP contribution is 2.21. The lowest BCUT2D eigenvalue weighted by atomic mass is 9.86. The highest BCUT2D eigenvalue weighted by molar-refractivity contribution is 5.99. The Morgan fingerprint density at radius 2 is 1.33 bits per heavy atom. The average molecular weight is 412 g/mol. The van der Waals surface area contributed by atoms with Crippen molar-refractivity contribution in [1.29, 1.82) is 0 Å². The molecule has 2 atom stereocenters. The zero-order valence-corrected chi connectivity index (χ0v) is 17.0. The van der Waals surface area contributed by atoms with Gasteiger partial charge in [-0.15, -0.1) is 0 Å². The highest BCUT2D eigenvalue weighted by atomic mass is 16.5. The van der Waals surface area contributed by atoms with Crippen LogP contribution in [-0.4, -0.2) is 44.0 Å². The van der Waals surface area contributed by atoms with Crippen molar-refractivity contribution in [2.24, 2.45) is 17.6 Å². The van der Waals surface area contributed by atoms with E-state index in [-0.39, 0.29) is 0 Å². The quantitative estimate of drug-likeness (QED) is 0.500. The van der Waals surface area contributed by atoms with Crippen LogP contribution < -0.4 is 11.1 Å². The zero-order chi connectivity index (χ0) is 22.3. The van der Waals surface area contributed by atoms with Crippen molar-refractivity contribution >= 4 is 23.8 Å². The number of primary amides is 1. The van der Waals surface area contributed by atoms with Gasteiger partial charge in [-0.05, 0) is 23.3 Å². The Bertz CT molecular complexity index is 895. The Labute approximate surface area is 174 Å². The van der Waals surface area contributed by atoms with Crippen molar-refractivity contribution < 1.29 is 28.7 Å². The lowest BCUT2D eigenvalue weighted by Crippen LogP contribution is -2.52. The molecule has 0 fully saturated rings. The van der Waals surface area contributed by atoms with Crippen molar-refractivity contribution in [3.05, 3.63) is 60.2 Å². The van der Waals surface area contributed by atoms with E-state index in [1.165, 1.54) is 6.92 Å². The van der Waals surface area contributed by atoms with Gasteiger partial charge in [0.05, 0.1) is 14.2 Å². The molecule has 0 aliphatic carbocycles. The number of nitrogens with one attached hydrogen (secondary N) is 1. The van der Waals surface area contributed by atoms with E-state index in [0.29, 0.717) is 5.56 Å². The molecule has 0 aliphatic heterocycles. The van der Waals surface area contributed by atoms with E-state index in [4.69, 9.17) is 5.73 Å². The second kappa shape index (κ2) is 10.2. The van der Waals surface area contributed by atoms with Crippen molar-refractivity contribution in [2.75, 3.05) is 14.2 Å². The number of nitrogens with two attached hydrogens (primary N) is 1. The molecule has 0 saturated carbocycles. The predicted octanol–water partition coefficient (Wildman–Crippen LogP) is 1.54. The number of benzene rings is 2. The van der Waals surface area contributed by atoms with E-state index in [1.807, 2.05) is 30.3 Å². The van der Waals surface area contributed by atoms with Gasteiger partial charge in [-0.25, -0.2) is 0 Å². The van der Waals surface area contributed by atoms with Crippen LogP contribution in [0.4, 0.5) is 0 Å². The van der Waals surface area contributed by atoms with E-state index < -0.39 is 41.6 Å². The first-order valence-electron chi connectivity index (χ1n) is 9.21. The summed E-state index contributed by atoms with van der Waals surface area (Å²) in [5.74, 6) is -5.65. The van der Waals surface area contributed by atoms with Gasteiger partial charge >= 0.3 is 11.9 Å². The fourth-order valence-electron chi connectivity index (χ4n) is 3.10. The van der Waals surface area contributed by atoms with E-state index in [1.54, 1.807) is 24.3 Å². The van der Waals surface area contributed by atoms with Crippen molar-refractivity contribution in [2.45, 2.75) is 13.0 Å². The van der Waals surface area contributed by atoms with E-state index in [9.17, 15) is 19.2 Å². The summed E-state index contributed by atoms with van der Waals surface area (Å²) in [5, 5.41) is 2.50. The van der Waals surface area contributed by atoms with Crippen LogP contribution in [0.5, 0.6) is 0 Å². The average Bonchev–Trinajstić information content (AvgIpc) is 2.77. The lowest BCUT2D eigenvalue weighted by molar-refractivity contribution is -0.161. The molecule has 0 saturated heterocycles. The number of esters is 2. The van der Waals surface area contributed by atoms with Gasteiger partial charge in [0.25, 0.3) is 5.91 Å². The fourth-order valence-corrected chi connectivity index (χ4v) is 3.10. The topological polar surface area (TPSA) is 125 Å². The molecule has 3 N–H and O–H groups in total. The van der Waals surface area contributed by atoms with Crippen LogP contribution in [0.3, 0.4) is 0 Å². The molecule has 0 radical (unpaired) electrons. The van der Waals surface area contributed by atoms with Gasteiger partial charge in [0.1, 0.15) is 6.04 Å². The minimum Gasteiger partial charge on any atom is -0.468 e. The summed E-state index contributed by atoms with van der Waals surface area (Å²) in [5.41, 5.74) is 7.63. The van der Waals surface area contributed by atoms with Gasteiger partial charge in [0.15, 0.2) is 5.92 Å². The number of amides is 2. The van der Waals surface area contributed by atoms with Crippen LogP contribution in [0.2, 0.25) is 0 Å². The molecular formula is C22H24N2O6. The molecule has 0 bridgehead atoms. The molecule has 8 heteroatoms. The standard InChI is InChI=1S/C22H24N2O6/c1-13(17(21(27)29-2)22(28)30-3)18(19(23)25)24-20(26)16-11-9-15(10-12-16)14-7-5-4-6-8-14/h4-13,17-18H,1-3H3,(H2,23,25)(H,24,26)/t13-,18-/m1/s1. The third-order valence-electron chi connectivity index (χ3n) is 4.81. The molecule has 8 nitrogen and oxygen atoms in total. The summed E-state index contributed by atoms with van der Waals surface area (Å²) in [6, 6.07) is 15.1. The minimum atomic E-state index is -1.42. The smallest absolute Gasteiger partial charge is 0.320 e. The maximum atomic E-state index is 12.7. The van der Waals surface area contributed by atoms with Gasteiger partial charge in [0.2, 0.25) is 5.91 Å². The van der Waals surface area contributed by atoms with Crippen molar-refractivity contribution in [3.8, 4) is 11.1 Å². The van der Waals surface area contributed by atoms with E-state index >= 15 is 0 Å². The van der Waals surface area contributed by atoms with Crippen LogP contribution in [0, 0.1) is 11.8 Å². The number of rotatable bonds is 8. The Balaban J connectivity index is 2.21. The van der Waals surface area contributed by atoms with Gasteiger partial charge in [-0.3, -0.25) is 19.2 Å². The van der Waals surface area contributed by atoms with Gasteiger partial charge in [-0.1, -0.05) is 49.4 Å². The SMILES string of the molecule is COC(=O)C(C(=O)OC)[C@@H](C)[C@@H](NC(=O)c1ccc(-c2ccccc2)cc1)C(N)=O. The Morgan fingerprint density at radius 1 is 0.833 bits per heavy atom. The predicted molar refractivity (Wildman–Crippen MR) is 109 cm³/mol. The zero-order valence-electron chi connectivity index (χ0n) is 17.0. The third kappa shape index (κ3) is 5.22. The van der Waals surface area contributed by atoms with Crippen molar-refractivity contribution in [3.63, 3.8) is 0 Å². The van der Waals surface area contributed by atoms with Gasteiger partial charge in [-0.2, -0.15) is 0 Å². The molecule has 158 valence electrons. The second-order valence-corrected chi connectivity index (χ2v) is 6.68. The summed E-state index contributed by atoms with van der Waals surface area (Å²) >= 11 is 0. The highest BCUT2D eigenvalue weighted by Gasteiger charge is 2.41. The number of methoxy groups -OCH3 is 2. The van der Waals surface area contributed by atoms with Crippen LogP contribution >= 0.6 is 0 Å². The number of carbonyl (C=O) groups excluding carboxylic acids is 4. The maximum Gasteiger partial charge on any atom is 0.320 e. The molecular weight excluding hydrogens is 388 g/mol. The van der Waals surface area contributed by atoms with Crippen LogP contribution in [0.1, 0.15) is 17.3 Å². The number of ether oxygens (including phenoxy) is 2. The normalized spacial score (nSPS) is 12.5. The first-order valence-corrected chi connectivity index (χ1v) is 9.21. The molecule has 30 heavy (non-hydrogen) atoms. The summed E-state index contributed by atoms with van der Waals surface area (Å²) in [6.07, 6.45) is 0. The van der Waals surface area contributed by atoms with Crippen LogP contribution in [0.25, 0.3) is 11.1 Å². The van der Waals surface area contributed by atoms with Gasteiger partial charge < -0.3 is 20.5 Å². The Kier molecular flexibility index (Phi) is 7.69. The number of carbonyl (C=O) groups is 4. The lowest BCUT2D eigenvalue weighted by Gasteiger charge is -2.26. The maximum absolute atomic E-state index is 12.7. The first kappa shape index (κ1) is 22.6. The summed E-state index contributed by atoms with van der Waals surface area (Å²) in [6.45, 7) is 1.44. The number of hydrogen-bond acceptors (Lipinski definition) is 6. The Hall–Kier alpha value is -3.68. The van der Waals surface area contributed by atoms with E-state index in [0.717, 1.165) is 25.3 Å². The molecule has 2 amide bonds. The molecule has 0 spiro atoms. The third-order valence-corrected chi connectivity index (χ3v) is 4.81. The molecule has 0 aliphatic rings. The largest absolute Gasteiger partial charge is 0.468 e. The summed E-state index contributed by atoms with van der Waals surface area (Å²) < 4.78 is 9.25. The van der Waals surface area contributed by atoms with Crippen LogP contribution in [0.15, 0.2) is 54.6 Å². The monoisotopic (exact) mass is 412 g/mol. The molecule has 0 unspecified atom stereocenters.